The molecule has 4 rings (SSSR count). The van der Waals surface area contributed by atoms with Crippen molar-refractivity contribution in [3.63, 3.8) is 0 Å². The molecule has 0 bridgehead atoms. The van der Waals surface area contributed by atoms with Gasteiger partial charge in [-0.3, -0.25) is 0 Å². The number of aryl methyl sites for hydroxylation is 1. The van der Waals surface area contributed by atoms with Crippen LogP contribution in [0.4, 0.5) is 5.69 Å². The summed E-state index contributed by atoms with van der Waals surface area (Å²) in [4.78, 5) is 11.1. The van der Waals surface area contributed by atoms with Crippen LogP contribution in [0.15, 0.2) is 60.1 Å². The molecule has 0 saturated heterocycles. The maximum absolute atomic E-state index is 9.48. The van der Waals surface area contributed by atoms with Gasteiger partial charge >= 0.3 is 0 Å². The second-order valence-electron chi connectivity index (χ2n) is 5.98. The van der Waals surface area contributed by atoms with Crippen molar-refractivity contribution in [3.8, 4) is 0 Å². The van der Waals surface area contributed by atoms with E-state index >= 15 is 0 Å². The minimum absolute atomic E-state index is 0.121. The molecule has 1 aliphatic heterocycles. The normalized spacial score (nSPS) is 12.6. The van der Waals surface area contributed by atoms with Crippen LogP contribution in [0.25, 0.3) is 10.8 Å². The SMILES string of the molecule is OCCN(CCCn1ccnc1)C1=Nc2cccc3cccc1c23. The van der Waals surface area contributed by atoms with Crippen LogP contribution in [-0.4, -0.2) is 45.1 Å². The van der Waals surface area contributed by atoms with Gasteiger partial charge in [0.05, 0.1) is 18.6 Å². The molecule has 122 valence electrons. The Morgan fingerprint density at radius 3 is 2.75 bits per heavy atom. The Kier molecular flexibility index (Phi) is 4.01. The Morgan fingerprint density at radius 1 is 1.08 bits per heavy atom. The molecule has 0 spiro atoms. The third-order valence-electron chi connectivity index (χ3n) is 4.42. The van der Waals surface area contributed by atoms with Gasteiger partial charge < -0.3 is 14.6 Å². The zero-order valence-electron chi connectivity index (χ0n) is 13.5. The number of aliphatic imine (C=N–C) groups is 1. The lowest BCUT2D eigenvalue weighted by Gasteiger charge is -2.24. The smallest absolute Gasteiger partial charge is 0.137 e. The number of aromatic nitrogens is 2. The molecule has 0 atom stereocenters. The molecule has 2 aromatic carbocycles. The monoisotopic (exact) mass is 320 g/mol. The van der Waals surface area contributed by atoms with Gasteiger partial charge in [-0.1, -0.05) is 30.3 Å². The molecule has 5 nitrogen and oxygen atoms in total. The fraction of sp³-hybridized carbons (Fsp3) is 0.263. The van der Waals surface area contributed by atoms with Gasteiger partial charge in [0, 0.05) is 43.0 Å². The van der Waals surface area contributed by atoms with E-state index in [2.05, 4.69) is 44.8 Å². The van der Waals surface area contributed by atoms with Crippen LogP contribution in [0.1, 0.15) is 12.0 Å². The number of hydrogen-bond donors (Lipinski definition) is 1. The number of amidine groups is 1. The molecule has 2 heterocycles. The number of aliphatic hydroxyl groups excluding tert-OH is 1. The third-order valence-corrected chi connectivity index (χ3v) is 4.42. The van der Waals surface area contributed by atoms with Crippen LogP contribution in [0.5, 0.6) is 0 Å². The average molecular weight is 320 g/mol. The number of imidazole rings is 1. The maximum Gasteiger partial charge on any atom is 0.137 e. The zero-order chi connectivity index (χ0) is 16.4. The molecule has 0 aliphatic carbocycles. The van der Waals surface area contributed by atoms with E-state index in [0.29, 0.717) is 6.54 Å². The van der Waals surface area contributed by atoms with Crippen molar-refractivity contribution in [1.29, 1.82) is 0 Å². The predicted octanol–water partition coefficient (Wildman–Crippen LogP) is 2.81. The molecule has 3 aromatic rings. The maximum atomic E-state index is 9.48. The first kappa shape index (κ1) is 14.9. The standard InChI is InChI=1S/C19H20N4O/c24-13-12-23(10-3-9-22-11-8-20-14-22)19-16-6-1-4-15-5-2-7-17(21-19)18(15)16/h1-2,4-8,11,14,24H,3,9-10,12-13H2. The van der Waals surface area contributed by atoms with Gasteiger partial charge in [0.15, 0.2) is 0 Å². The van der Waals surface area contributed by atoms with Gasteiger partial charge in [-0.15, -0.1) is 0 Å². The minimum Gasteiger partial charge on any atom is -0.395 e. The van der Waals surface area contributed by atoms with Gasteiger partial charge in [0.25, 0.3) is 0 Å². The van der Waals surface area contributed by atoms with Gasteiger partial charge in [0.1, 0.15) is 5.84 Å². The van der Waals surface area contributed by atoms with Crippen LogP contribution in [0, 0.1) is 0 Å². The summed E-state index contributed by atoms with van der Waals surface area (Å²) < 4.78 is 2.07. The average Bonchev–Trinajstić information content (AvgIpc) is 3.24. The van der Waals surface area contributed by atoms with Gasteiger partial charge in [-0.25, -0.2) is 9.98 Å². The van der Waals surface area contributed by atoms with Gasteiger partial charge in [-0.05, 0) is 17.9 Å². The highest BCUT2D eigenvalue weighted by atomic mass is 16.3. The van der Waals surface area contributed by atoms with Crippen LogP contribution >= 0.6 is 0 Å². The molecule has 5 heteroatoms. The Morgan fingerprint density at radius 2 is 1.96 bits per heavy atom. The van der Waals surface area contributed by atoms with E-state index in [-0.39, 0.29) is 6.61 Å². The quantitative estimate of drug-likeness (QED) is 0.760. The van der Waals surface area contributed by atoms with Crippen LogP contribution in [0.2, 0.25) is 0 Å². The number of benzene rings is 2. The Balaban J connectivity index is 1.57. The van der Waals surface area contributed by atoms with Gasteiger partial charge in [0.2, 0.25) is 0 Å². The summed E-state index contributed by atoms with van der Waals surface area (Å²) in [7, 11) is 0. The van der Waals surface area contributed by atoms with E-state index in [1.54, 1.807) is 6.20 Å². The van der Waals surface area contributed by atoms with Crippen LogP contribution < -0.4 is 0 Å². The Hall–Kier alpha value is -2.66. The van der Waals surface area contributed by atoms with E-state index in [0.717, 1.165) is 31.0 Å². The second-order valence-corrected chi connectivity index (χ2v) is 5.98. The highest BCUT2D eigenvalue weighted by Crippen LogP contribution is 2.36. The number of nitrogens with zero attached hydrogens (tertiary/aromatic N) is 4. The molecule has 0 saturated carbocycles. The van der Waals surface area contributed by atoms with Crippen molar-refractivity contribution in [2.75, 3.05) is 19.7 Å². The van der Waals surface area contributed by atoms with E-state index in [9.17, 15) is 5.11 Å². The lowest BCUT2D eigenvalue weighted by atomic mass is 10.0. The molecule has 0 fully saturated rings. The first-order valence-electron chi connectivity index (χ1n) is 8.29. The van der Waals surface area contributed by atoms with E-state index < -0.39 is 0 Å². The molecule has 1 N–H and O–H groups in total. The summed E-state index contributed by atoms with van der Waals surface area (Å²) in [5, 5.41) is 11.9. The summed E-state index contributed by atoms with van der Waals surface area (Å²) in [6, 6.07) is 12.5. The van der Waals surface area contributed by atoms with E-state index in [1.807, 2.05) is 18.6 Å². The molecule has 1 aromatic heterocycles. The largest absolute Gasteiger partial charge is 0.395 e. The highest BCUT2D eigenvalue weighted by molar-refractivity contribution is 6.18. The molecular weight excluding hydrogens is 300 g/mol. The van der Waals surface area contributed by atoms with Crippen molar-refractivity contribution in [1.82, 2.24) is 14.5 Å². The summed E-state index contributed by atoms with van der Waals surface area (Å²) in [5.74, 6) is 0.974. The highest BCUT2D eigenvalue weighted by Gasteiger charge is 2.22. The summed E-state index contributed by atoms with van der Waals surface area (Å²) in [6.07, 6.45) is 6.58. The molecule has 0 radical (unpaired) electrons. The van der Waals surface area contributed by atoms with Crippen molar-refractivity contribution in [3.05, 3.63) is 60.7 Å². The number of rotatable bonds is 6. The summed E-state index contributed by atoms with van der Waals surface area (Å²) >= 11 is 0. The first-order chi connectivity index (χ1) is 11.9. The van der Waals surface area contributed by atoms with E-state index in [1.165, 1.54) is 16.3 Å². The third kappa shape index (κ3) is 2.67. The summed E-state index contributed by atoms with van der Waals surface area (Å²) in [6.45, 7) is 2.47. The molecular formula is C19H20N4O. The number of hydrogen-bond acceptors (Lipinski definition) is 4. The number of aliphatic hydroxyl groups is 1. The lowest BCUT2D eigenvalue weighted by Crippen LogP contribution is -2.34. The van der Waals surface area contributed by atoms with Crippen LogP contribution in [-0.2, 0) is 6.54 Å². The second kappa shape index (κ2) is 6.45. The predicted molar refractivity (Wildman–Crippen MR) is 95.6 cm³/mol. The van der Waals surface area contributed by atoms with Crippen molar-refractivity contribution in [2.45, 2.75) is 13.0 Å². The molecule has 0 amide bonds. The fourth-order valence-corrected chi connectivity index (χ4v) is 3.32. The van der Waals surface area contributed by atoms with Gasteiger partial charge in [-0.2, -0.15) is 0 Å². The Bertz CT molecular complexity index is 865. The summed E-state index contributed by atoms with van der Waals surface area (Å²) in [5.41, 5.74) is 2.19. The van der Waals surface area contributed by atoms with E-state index in [4.69, 9.17) is 4.99 Å². The molecule has 0 unspecified atom stereocenters. The topological polar surface area (TPSA) is 53.6 Å². The van der Waals surface area contributed by atoms with Crippen molar-refractivity contribution < 1.29 is 5.11 Å². The Labute approximate surface area is 140 Å². The first-order valence-corrected chi connectivity index (χ1v) is 8.29. The fourth-order valence-electron chi connectivity index (χ4n) is 3.32. The minimum atomic E-state index is 0.121. The zero-order valence-corrected chi connectivity index (χ0v) is 13.5. The van der Waals surface area contributed by atoms with Crippen molar-refractivity contribution in [2.24, 2.45) is 4.99 Å². The van der Waals surface area contributed by atoms with Crippen molar-refractivity contribution >= 4 is 22.3 Å². The van der Waals surface area contributed by atoms with Crippen LogP contribution in [0.3, 0.4) is 0 Å². The lowest BCUT2D eigenvalue weighted by molar-refractivity contribution is 0.247. The molecule has 24 heavy (non-hydrogen) atoms. The molecule has 1 aliphatic rings.